The predicted molar refractivity (Wildman–Crippen MR) is 84.1 cm³/mol. The fourth-order valence-corrected chi connectivity index (χ4v) is 3.27. The number of H-pyrrole nitrogens is 1. The second-order valence-electron chi connectivity index (χ2n) is 4.71. The Labute approximate surface area is 130 Å². The quantitative estimate of drug-likeness (QED) is 0.661. The maximum Gasteiger partial charge on any atom is 0.366 e. The van der Waals surface area contributed by atoms with Gasteiger partial charge in [-0.1, -0.05) is 18.2 Å². The lowest BCUT2D eigenvalue weighted by Crippen LogP contribution is -2.30. The highest BCUT2D eigenvalue weighted by molar-refractivity contribution is 7.89. The van der Waals surface area contributed by atoms with Crippen LogP contribution in [0.2, 0.25) is 0 Å². The van der Waals surface area contributed by atoms with E-state index in [0.717, 1.165) is 4.57 Å². The molecule has 8 nitrogen and oxygen atoms in total. The van der Waals surface area contributed by atoms with Gasteiger partial charge in [-0.25, -0.2) is 19.3 Å². The van der Waals surface area contributed by atoms with Crippen LogP contribution in [0.15, 0.2) is 69.1 Å². The molecular weight excluding hydrogens is 320 g/mol. The molecule has 0 aliphatic carbocycles. The molecule has 3 rings (SSSR count). The smallest absolute Gasteiger partial charge is 0.366 e. The minimum atomic E-state index is -4.18. The van der Waals surface area contributed by atoms with Gasteiger partial charge in [0, 0.05) is 5.69 Å². The van der Waals surface area contributed by atoms with Crippen molar-refractivity contribution in [1.82, 2.24) is 13.8 Å². The van der Waals surface area contributed by atoms with Crippen LogP contribution in [0.5, 0.6) is 0 Å². The highest BCUT2D eigenvalue weighted by Crippen LogP contribution is 2.11. The lowest BCUT2D eigenvalue weighted by atomic mass is 10.3. The van der Waals surface area contributed by atoms with Gasteiger partial charge in [-0.15, -0.1) is 4.09 Å². The summed E-state index contributed by atoms with van der Waals surface area (Å²) in [6.07, 6.45) is 0. The fraction of sp³-hybridized carbons (Fsp3) is 0. The molecule has 1 heterocycles. The van der Waals surface area contributed by atoms with Crippen LogP contribution in [0.4, 0.5) is 5.69 Å². The first-order chi connectivity index (χ1) is 10.9. The van der Waals surface area contributed by atoms with Gasteiger partial charge in [-0.05, 0) is 36.4 Å². The standard InChI is InChI=1S/C14H12N4O4S/c15-10-6-8-11(9-7-10)17-13(19)16-18(14(17)20)23(21,22)12-4-2-1-3-5-12/h1-9H,15H2,(H,16,19). The third-order valence-electron chi connectivity index (χ3n) is 3.20. The van der Waals surface area contributed by atoms with Crippen LogP contribution in [-0.4, -0.2) is 22.2 Å². The van der Waals surface area contributed by atoms with Crippen LogP contribution in [0.25, 0.3) is 5.69 Å². The molecule has 0 amide bonds. The Kier molecular flexibility index (Phi) is 3.41. The maximum atomic E-state index is 12.5. The Morgan fingerprint density at radius 3 is 2.13 bits per heavy atom. The molecule has 0 aliphatic rings. The van der Waals surface area contributed by atoms with Gasteiger partial charge in [-0.3, -0.25) is 0 Å². The Bertz CT molecular complexity index is 1060. The summed E-state index contributed by atoms with van der Waals surface area (Å²) in [6.45, 7) is 0. The van der Waals surface area contributed by atoms with Gasteiger partial charge < -0.3 is 5.73 Å². The zero-order valence-electron chi connectivity index (χ0n) is 11.7. The van der Waals surface area contributed by atoms with Crippen molar-refractivity contribution in [2.24, 2.45) is 0 Å². The maximum absolute atomic E-state index is 12.5. The van der Waals surface area contributed by atoms with E-state index in [1.54, 1.807) is 6.07 Å². The SMILES string of the molecule is Nc1ccc(-n2c(=O)[nH]n(S(=O)(=O)c3ccccc3)c2=O)cc1. The molecule has 0 spiro atoms. The molecule has 0 saturated carbocycles. The van der Waals surface area contributed by atoms with E-state index in [9.17, 15) is 18.0 Å². The Morgan fingerprint density at radius 1 is 0.913 bits per heavy atom. The van der Waals surface area contributed by atoms with Crippen molar-refractivity contribution in [2.75, 3.05) is 5.73 Å². The molecule has 9 heteroatoms. The molecule has 23 heavy (non-hydrogen) atoms. The summed E-state index contributed by atoms with van der Waals surface area (Å²) in [7, 11) is -4.18. The van der Waals surface area contributed by atoms with E-state index in [4.69, 9.17) is 5.73 Å². The molecule has 1 aromatic heterocycles. The number of aromatic amines is 1. The molecule has 0 unspecified atom stereocenters. The summed E-state index contributed by atoms with van der Waals surface area (Å²) < 4.78 is 26.0. The normalized spacial score (nSPS) is 11.5. The minimum absolute atomic E-state index is 0.104. The number of nitrogens with one attached hydrogen (secondary N) is 1. The third kappa shape index (κ3) is 2.46. The van der Waals surface area contributed by atoms with Gasteiger partial charge in [0.2, 0.25) is 0 Å². The summed E-state index contributed by atoms with van der Waals surface area (Å²) in [6, 6.07) is 13.3. The highest BCUT2D eigenvalue weighted by atomic mass is 32.2. The van der Waals surface area contributed by atoms with Crippen LogP contribution >= 0.6 is 0 Å². The average Bonchev–Trinajstić information content (AvgIpc) is 2.85. The number of anilines is 1. The van der Waals surface area contributed by atoms with Crippen LogP contribution < -0.4 is 17.1 Å². The van der Waals surface area contributed by atoms with Gasteiger partial charge >= 0.3 is 11.4 Å². The second kappa shape index (κ2) is 5.29. The average molecular weight is 332 g/mol. The lowest BCUT2D eigenvalue weighted by molar-refractivity contribution is 0.577. The van der Waals surface area contributed by atoms with Gasteiger partial charge in [0.15, 0.2) is 0 Å². The molecule has 0 aliphatic heterocycles. The molecule has 3 aromatic rings. The highest BCUT2D eigenvalue weighted by Gasteiger charge is 2.23. The molecule has 0 fully saturated rings. The van der Waals surface area contributed by atoms with Crippen molar-refractivity contribution in [1.29, 1.82) is 0 Å². The second-order valence-corrected chi connectivity index (χ2v) is 6.50. The predicted octanol–water partition coefficient (Wildman–Crippen LogP) is 0.146. The number of benzene rings is 2. The molecule has 0 bridgehead atoms. The van der Waals surface area contributed by atoms with Crippen molar-refractivity contribution >= 4 is 15.7 Å². The van der Waals surface area contributed by atoms with Crippen molar-refractivity contribution in [3.05, 3.63) is 75.6 Å². The number of nitrogens with two attached hydrogens (primary N) is 1. The molecule has 0 atom stereocenters. The first-order valence-corrected chi connectivity index (χ1v) is 7.96. The van der Waals surface area contributed by atoms with E-state index >= 15 is 0 Å². The fourth-order valence-electron chi connectivity index (χ4n) is 2.07. The van der Waals surface area contributed by atoms with Gasteiger partial charge in [0.1, 0.15) is 0 Å². The Hall–Kier alpha value is -3.07. The first-order valence-electron chi connectivity index (χ1n) is 6.52. The molecule has 2 aromatic carbocycles. The largest absolute Gasteiger partial charge is 0.399 e. The van der Waals surface area contributed by atoms with Crippen molar-refractivity contribution in [2.45, 2.75) is 4.90 Å². The zero-order valence-corrected chi connectivity index (χ0v) is 12.5. The molecule has 3 N–H and O–H groups in total. The van der Waals surface area contributed by atoms with Crippen molar-refractivity contribution in [3.8, 4) is 5.69 Å². The summed E-state index contributed by atoms with van der Waals surface area (Å²) in [5.74, 6) is 0. The zero-order chi connectivity index (χ0) is 16.6. The summed E-state index contributed by atoms with van der Waals surface area (Å²) in [5, 5.41) is 2.06. The van der Waals surface area contributed by atoms with E-state index in [-0.39, 0.29) is 10.6 Å². The van der Waals surface area contributed by atoms with Crippen molar-refractivity contribution < 1.29 is 8.42 Å². The number of aromatic nitrogens is 3. The number of hydrogen-bond acceptors (Lipinski definition) is 5. The lowest BCUT2D eigenvalue weighted by Gasteiger charge is -2.03. The van der Waals surface area contributed by atoms with E-state index in [0.29, 0.717) is 9.77 Å². The Balaban J connectivity index is 2.22. The van der Waals surface area contributed by atoms with E-state index in [1.807, 2.05) is 0 Å². The van der Waals surface area contributed by atoms with E-state index < -0.39 is 21.4 Å². The van der Waals surface area contributed by atoms with E-state index in [2.05, 4.69) is 5.10 Å². The van der Waals surface area contributed by atoms with Crippen LogP contribution in [0.1, 0.15) is 0 Å². The number of nitrogen functional groups attached to an aromatic ring is 1. The Morgan fingerprint density at radius 2 is 1.52 bits per heavy atom. The van der Waals surface area contributed by atoms with Gasteiger partial charge in [0.05, 0.1) is 10.6 Å². The number of rotatable bonds is 3. The van der Waals surface area contributed by atoms with Gasteiger partial charge in [-0.2, -0.15) is 8.42 Å². The first kappa shape index (κ1) is 14.9. The molecule has 0 saturated heterocycles. The van der Waals surface area contributed by atoms with Crippen LogP contribution in [0.3, 0.4) is 0 Å². The monoisotopic (exact) mass is 332 g/mol. The molecular formula is C14H12N4O4S. The third-order valence-corrected chi connectivity index (χ3v) is 4.79. The summed E-state index contributed by atoms with van der Waals surface area (Å²) >= 11 is 0. The van der Waals surface area contributed by atoms with E-state index in [1.165, 1.54) is 48.5 Å². The molecule has 0 radical (unpaired) electrons. The topological polar surface area (TPSA) is 120 Å². The van der Waals surface area contributed by atoms with Gasteiger partial charge in [0.25, 0.3) is 10.0 Å². The number of nitrogens with zero attached hydrogens (tertiary/aromatic N) is 2. The minimum Gasteiger partial charge on any atom is -0.399 e. The summed E-state index contributed by atoms with van der Waals surface area (Å²) in [4.78, 5) is 24.3. The number of hydrogen-bond donors (Lipinski definition) is 2. The van der Waals surface area contributed by atoms with Crippen molar-refractivity contribution in [3.63, 3.8) is 0 Å². The van der Waals surface area contributed by atoms with Crippen LogP contribution in [-0.2, 0) is 10.0 Å². The molecule has 118 valence electrons. The summed E-state index contributed by atoms with van der Waals surface area (Å²) in [5.41, 5.74) is 4.35. The van der Waals surface area contributed by atoms with Crippen LogP contribution in [0, 0.1) is 0 Å².